The lowest BCUT2D eigenvalue weighted by atomic mass is 9.91. The molecule has 2 N–H and O–H groups in total. The topological polar surface area (TPSA) is 45.1 Å². The Bertz CT molecular complexity index is 360. The number of nitrogens with zero attached hydrogens (tertiary/aromatic N) is 1. The Labute approximate surface area is 117 Å². The molecule has 3 heteroatoms. The lowest BCUT2D eigenvalue weighted by Gasteiger charge is -2.31. The molecule has 1 heterocycles. The number of aromatic nitrogens is 1. The van der Waals surface area contributed by atoms with Crippen molar-refractivity contribution in [3.8, 4) is 0 Å². The van der Waals surface area contributed by atoms with E-state index >= 15 is 0 Å². The number of rotatable bonds is 7. The molecule has 19 heavy (non-hydrogen) atoms. The summed E-state index contributed by atoms with van der Waals surface area (Å²) in [7, 11) is 0. The van der Waals surface area contributed by atoms with Crippen LogP contribution in [0.5, 0.6) is 0 Å². The predicted octanol–water partition coefficient (Wildman–Crippen LogP) is 3.17. The van der Waals surface area contributed by atoms with E-state index < -0.39 is 5.60 Å². The number of aliphatic hydroxyl groups is 1. The van der Waals surface area contributed by atoms with Crippen molar-refractivity contribution >= 4 is 0 Å². The van der Waals surface area contributed by atoms with Gasteiger partial charge in [-0.15, -0.1) is 0 Å². The van der Waals surface area contributed by atoms with Gasteiger partial charge in [-0.3, -0.25) is 4.98 Å². The molecule has 0 aliphatic heterocycles. The molecule has 1 aromatic rings. The molecular weight excluding hydrogens is 236 g/mol. The first-order chi connectivity index (χ1) is 8.83. The monoisotopic (exact) mass is 264 g/mol. The second-order valence-corrected chi connectivity index (χ2v) is 6.33. The fourth-order valence-corrected chi connectivity index (χ4v) is 1.90. The van der Waals surface area contributed by atoms with E-state index in [1.165, 1.54) is 0 Å². The Kier molecular flexibility index (Phi) is 5.95. The van der Waals surface area contributed by atoms with Crippen molar-refractivity contribution in [1.29, 1.82) is 0 Å². The van der Waals surface area contributed by atoms with E-state index in [0.29, 0.717) is 12.5 Å². The van der Waals surface area contributed by atoms with Gasteiger partial charge in [-0.25, -0.2) is 0 Å². The summed E-state index contributed by atoms with van der Waals surface area (Å²) in [6.45, 7) is 11.0. The molecule has 0 aromatic carbocycles. The van der Waals surface area contributed by atoms with E-state index in [1.807, 2.05) is 45.2 Å². The highest BCUT2D eigenvalue weighted by Gasteiger charge is 2.26. The Morgan fingerprint density at radius 3 is 2.42 bits per heavy atom. The summed E-state index contributed by atoms with van der Waals surface area (Å²) in [6.07, 6.45) is 2.84. The molecule has 0 aliphatic rings. The quantitative estimate of drug-likeness (QED) is 0.795. The van der Waals surface area contributed by atoms with Gasteiger partial charge >= 0.3 is 0 Å². The molecular formula is C16H28N2O. The second-order valence-electron chi connectivity index (χ2n) is 6.33. The molecule has 0 aliphatic carbocycles. The lowest BCUT2D eigenvalue weighted by Crippen LogP contribution is -2.43. The third-order valence-electron chi connectivity index (χ3n) is 3.70. The summed E-state index contributed by atoms with van der Waals surface area (Å²) in [5, 5.41) is 13.8. The normalized spacial score (nSPS) is 16.6. The van der Waals surface area contributed by atoms with Gasteiger partial charge < -0.3 is 10.4 Å². The minimum Gasteiger partial charge on any atom is -0.389 e. The van der Waals surface area contributed by atoms with E-state index in [2.05, 4.69) is 24.1 Å². The highest BCUT2D eigenvalue weighted by atomic mass is 16.3. The summed E-state index contributed by atoms with van der Waals surface area (Å²) < 4.78 is 0. The van der Waals surface area contributed by atoms with Crippen LogP contribution in [0.4, 0.5) is 0 Å². The molecule has 2 unspecified atom stereocenters. The van der Waals surface area contributed by atoms with Gasteiger partial charge in [0.2, 0.25) is 0 Å². The highest BCUT2D eigenvalue weighted by Crippen LogP contribution is 2.22. The van der Waals surface area contributed by atoms with E-state index in [0.717, 1.165) is 12.1 Å². The zero-order chi connectivity index (χ0) is 14.5. The lowest BCUT2D eigenvalue weighted by molar-refractivity contribution is 0.0110. The zero-order valence-electron chi connectivity index (χ0n) is 12.9. The molecule has 108 valence electrons. The standard InChI is InChI=1S/C16H28N2O/c1-12(2)10-15(14-8-6-7-9-17-14)18-11-16(5,19)13(3)4/h6-9,12-13,15,18-19H,10-11H2,1-5H3. The average molecular weight is 264 g/mol. The Balaban J connectivity index is 2.71. The van der Waals surface area contributed by atoms with Gasteiger partial charge in [0.1, 0.15) is 0 Å². The predicted molar refractivity (Wildman–Crippen MR) is 79.9 cm³/mol. The van der Waals surface area contributed by atoms with Crippen LogP contribution < -0.4 is 5.32 Å². The van der Waals surface area contributed by atoms with Gasteiger partial charge in [0.15, 0.2) is 0 Å². The minimum atomic E-state index is -0.690. The molecule has 1 rings (SSSR count). The van der Waals surface area contributed by atoms with Gasteiger partial charge in [0.25, 0.3) is 0 Å². The van der Waals surface area contributed by atoms with Crippen LogP contribution in [0.3, 0.4) is 0 Å². The van der Waals surface area contributed by atoms with Gasteiger partial charge in [0, 0.05) is 18.8 Å². The van der Waals surface area contributed by atoms with Crippen molar-refractivity contribution in [3.63, 3.8) is 0 Å². The summed E-state index contributed by atoms with van der Waals surface area (Å²) in [4.78, 5) is 4.43. The van der Waals surface area contributed by atoms with Gasteiger partial charge in [-0.05, 0) is 37.3 Å². The first kappa shape index (κ1) is 16.1. The third-order valence-corrected chi connectivity index (χ3v) is 3.70. The number of hydrogen-bond donors (Lipinski definition) is 2. The Morgan fingerprint density at radius 2 is 1.95 bits per heavy atom. The molecule has 0 fully saturated rings. The molecule has 0 amide bonds. The Morgan fingerprint density at radius 1 is 1.26 bits per heavy atom. The van der Waals surface area contributed by atoms with E-state index in [4.69, 9.17) is 0 Å². The molecule has 0 spiro atoms. The van der Waals surface area contributed by atoms with Gasteiger partial charge in [-0.1, -0.05) is 33.8 Å². The summed E-state index contributed by atoms with van der Waals surface area (Å²) >= 11 is 0. The van der Waals surface area contributed by atoms with Crippen molar-refractivity contribution < 1.29 is 5.11 Å². The van der Waals surface area contributed by atoms with E-state index in [-0.39, 0.29) is 12.0 Å². The minimum absolute atomic E-state index is 0.200. The van der Waals surface area contributed by atoms with Crippen molar-refractivity contribution in [3.05, 3.63) is 30.1 Å². The fraction of sp³-hybridized carbons (Fsp3) is 0.688. The summed E-state index contributed by atoms with van der Waals surface area (Å²) in [5.74, 6) is 0.812. The highest BCUT2D eigenvalue weighted by molar-refractivity contribution is 5.09. The van der Waals surface area contributed by atoms with Crippen LogP contribution >= 0.6 is 0 Å². The fourth-order valence-electron chi connectivity index (χ4n) is 1.90. The molecule has 0 bridgehead atoms. The second kappa shape index (κ2) is 7.01. The summed E-state index contributed by atoms with van der Waals surface area (Å²) in [6, 6.07) is 6.19. The van der Waals surface area contributed by atoms with E-state index in [9.17, 15) is 5.11 Å². The third kappa shape index (κ3) is 5.29. The first-order valence-corrected chi connectivity index (χ1v) is 7.19. The van der Waals surface area contributed by atoms with E-state index in [1.54, 1.807) is 0 Å². The van der Waals surface area contributed by atoms with Gasteiger partial charge in [0.05, 0.1) is 11.3 Å². The molecule has 0 radical (unpaired) electrons. The number of hydrogen-bond acceptors (Lipinski definition) is 3. The molecule has 0 saturated heterocycles. The number of nitrogens with one attached hydrogen (secondary N) is 1. The Hall–Kier alpha value is -0.930. The van der Waals surface area contributed by atoms with Crippen LogP contribution in [0.2, 0.25) is 0 Å². The van der Waals surface area contributed by atoms with Gasteiger partial charge in [-0.2, -0.15) is 0 Å². The maximum absolute atomic E-state index is 10.3. The molecule has 1 aromatic heterocycles. The van der Waals surface area contributed by atoms with Crippen molar-refractivity contribution in [2.45, 2.75) is 52.7 Å². The van der Waals surface area contributed by atoms with Crippen LogP contribution in [-0.2, 0) is 0 Å². The van der Waals surface area contributed by atoms with Crippen LogP contribution in [0, 0.1) is 11.8 Å². The molecule has 0 saturated carbocycles. The first-order valence-electron chi connectivity index (χ1n) is 7.19. The van der Waals surface area contributed by atoms with Crippen molar-refractivity contribution in [1.82, 2.24) is 10.3 Å². The van der Waals surface area contributed by atoms with Crippen LogP contribution in [0.1, 0.15) is 52.8 Å². The maximum atomic E-state index is 10.3. The SMILES string of the molecule is CC(C)CC(NCC(C)(O)C(C)C)c1ccccn1. The molecule has 3 nitrogen and oxygen atoms in total. The van der Waals surface area contributed by atoms with Crippen molar-refractivity contribution in [2.24, 2.45) is 11.8 Å². The van der Waals surface area contributed by atoms with Crippen LogP contribution in [0.25, 0.3) is 0 Å². The van der Waals surface area contributed by atoms with Crippen LogP contribution in [-0.4, -0.2) is 22.2 Å². The summed E-state index contributed by atoms with van der Waals surface area (Å²) in [5.41, 5.74) is 0.361. The zero-order valence-corrected chi connectivity index (χ0v) is 12.9. The largest absolute Gasteiger partial charge is 0.389 e. The molecule has 2 atom stereocenters. The maximum Gasteiger partial charge on any atom is 0.0766 e. The average Bonchev–Trinajstić information content (AvgIpc) is 2.35. The van der Waals surface area contributed by atoms with Crippen LogP contribution in [0.15, 0.2) is 24.4 Å². The van der Waals surface area contributed by atoms with Crippen molar-refractivity contribution in [2.75, 3.05) is 6.54 Å². The smallest absolute Gasteiger partial charge is 0.0766 e. The number of pyridine rings is 1.